The van der Waals surface area contributed by atoms with E-state index in [9.17, 15) is 9.90 Å². The molecule has 1 amide bonds. The Bertz CT molecular complexity index is 552. The number of likely N-dealkylation sites (tertiary alicyclic amines) is 2. The minimum atomic E-state index is -0.974. The zero-order valence-corrected chi connectivity index (χ0v) is 14.0. The van der Waals surface area contributed by atoms with Crippen LogP contribution in [0.2, 0.25) is 0 Å². The van der Waals surface area contributed by atoms with Crippen molar-refractivity contribution in [1.82, 2.24) is 9.80 Å². The summed E-state index contributed by atoms with van der Waals surface area (Å²) in [4.78, 5) is 16.3. The van der Waals surface area contributed by atoms with Crippen LogP contribution in [0.1, 0.15) is 31.7 Å². The van der Waals surface area contributed by atoms with Gasteiger partial charge in [-0.05, 0) is 50.4 Å². The summed E-state index contributed by atoms with van der Waals surface area (Å²) in [5.74, 6) is 0.967. The topological polar surface area (TPSA) is 53.0 Å². The lowest BCUT2D eigenvalue weighted by molar-refractivity contribution is -0.137. The molecule has 0 saturated carbocycles. The summed E-state index contributed by atoms with van der Waals surface area (Å²) in [6.45, 7) is 4.90. The second kappa shape index (κ2) is 6.49. The van der Waals surface area contributed by atoms with E-state index in [-0.39, 0.29) is 11.9 Å². The third-order valence-corrected chi connectivity index (χ3v) is 5.23. The fourth-order valence-corrected chi connectivity index (χ4v) is 3.61. The maximum Gasteiger partial charge on any atom is 0.236 e. The molecule has 5 heteroatoms. The van der Waals surface area contributed by atoms with Gasteiger partial charge in [0.25, 0.3) is 0 Å². The van der Waals surface area contributed by atoms with Crippen LogP contribution < -0.4 is 4.74 Å². The molecule has 2 heterocycles. The van der Waals surface area contributed by atoms with Crippen LogP contribution in [-0.4, -0.2) is 60.1 Å². The summed E-state index contributed by atoms with van der Waals surface area (Å²) < 4.78 is 5.18. The molecule has 2 saturated heterocycles. The van der Waals surface area contributed by atoms with E-state index in [1.165, 1.54) is 0 Å². The maximum atomic E-state index is 12.3. The first-order chi connectivity index (χ1) is 11.0. The van der Waals surface area contributed by atoms with Gasteiger partial charge in [0.2, 0.25) is 5.91 Å². The normalized spacial score (nSPS) is 24.1. The second-order valence-corrected chi connectivity index (χ2v) is 6.74. The van der Waals surface area contributed by atoms with Gasteiger partial charge in [-0.15, -0.1) is 0 Å². The molecule has 2 fully saturated rings. The number of hydrogen-bond donors (Lipinski definition) is 1. The Kier molecular flexibility index (Phi) is 4.60. The van der Waals surface area contributed by atoms with Crippen molar-refractivity contribution < 1.29 is 14.6 Å². The molecule has 0 radical (unpaired) electrons. The van der Waals surface area contributed by atoms with Crippen molar-refractivity contribution in [2.24, 2.45) is 0 Å². The molecule has 1 aromatic carbocycles. The van der Waals surface area contributed by atoms with Gasteiger partial charge in [-0.2, -0.15) is 0 Å². The van der Waals surface area contributed by atoms with Gasteiger partial charge >= 0.3 is 0 Å². The average molecular weight is 318 g/mol. The highest BCUT2D eigenvalue weighted by molar-refractivity contribution is 5.79. The van der Waals surface area contributed by atoms with Crippen molar-refractivity contribution in [2.75, 3.05) is 33.3 Å². The van der Waals surface area contributed by atoms with Crippen molar-refractivity contribution in [1.29, 1.82) is 0 Å². The standard InChI is InChI=1S/C18H26N2O3/c1-18(22,14-6-8-15(23-2)9-7-14)16-5-3-10-20(16)13-17(21)19-11-4-12-19/h6-9,16,22H,3-5,10-13H2,1-2H3/t16-,18-/m1/s1. The molecule has 23 heavy (non-hydrogen) atoms. The summed E-state index contributed by atoms with van der Waals surface area (Å²) in [6.07, 6.45) is 3.04. The van der Waals surface area contributed by atoms with E-state index in [0.717, 1.165) is 50.2 Å². The zero-order chi connectivity index (χ0) is 16.4. The number of aliphatic hydroxyl groups is 1. The Morgan fingerprint density at radius 3 is 2.52 bits per heavy atom. The molecule has 0 unspecified atom stereocenters. The van der Waals surface area contributed by atoms with Crippen LogP contribution in [0.25, 0.3) is 0 Å². The van der Waals surface area contributed by atoms with Crippen LogP contribution >= 0.6 is 0 Å². The van der Waals surface area contributed by atoms with Gasteiger partial charge in [0.15, 0.2) is 0 Å². The summed E-state index contributed by atoms with van der Waals surface area (Å²) in [5.41, 5.74) is -0.107. The summed E-state index contributed by atoms with van der Waals surface area (Å²) in [6, 6.07) is 7.53. The van der Waals surface area contributed by atoms with Gasteiger partial charge in [0.1, 0.15) is 11.4 Å². The molecule has 0 aliphatic carbocycles. The number of carbonyl (C=O) groups is 1. The van der Waals surface area contributed by atoms with Gasteiger partial charge in [0, 0.05) is 19.1 Å². The van der Waals surface area contributed by atoms with E-state index in [1.54, 1.807) is 7.11 Å². The highest BCUT2D eigenvalue weighted by atomic mass is 16.5. The van der Waals surface area contributed by atoms with Crippen LogP contribution in [0.15, 0.2) is 24.3 Å². The zero-order valence-electron chi connectivity index (χ0n) is 14.0. The fourth-order valence-electron chi connectivity index (χ4n) is 3.61. The van der Waals surface area contributed by atoms with E-state index in [4.69, 9.17) is 4.74 Å². The van der Waals surface area contributed by atoms with Crippen molar-refractivity contribution in [3.63, 3.8) is 0 Å². The van der Waals surface area contributed by atoms with Crippen molar-refractivity contribution in [3.8, 4) is 5.75 Å². The summed E-state index contributed by atoms with van der Waals surface area (Å²) in [7, 11) is 1.63. The number of amides is 1. The lowest BCUT2D eigenvalue weighted by Crippen LogP contribution is -2.52. The van der Waals surface area contributed by atoms with E-state index in [0.29, 0.717) is 6.54 Å². The summed E-state index contributed by atoms with van der Waals surface area (Å²) >= 11 is 0. The molecular formula is C18H26N2O3. The second-order valence-electron chi connectivity index (χ2n) is 6.74. The Balaban J connectivity index is 1.72. The van der Waals surface area contributed by atoms with E-state index in [2.05, 4.69) is 4.90 Å². The van der Waals surface area contributed by atoms with Crippen LogP contribution in [0, 0.1) is 0 Å². The minimum absolute atomic E-state index is 0.0267. The predicted molar refractivity (Wildman–Crippen MR) is 88.4 cm³/mol. The number of carbonyl (C=O) groups excluding carboxylic acids is 1. The third kappa shape index (κ3) is 3.21. The first-order valence-electron chi connectivity index (χ1n) is 8.41. The third-order valence-electron chi connectivity index (χ3n) is 5.23. The quantitative estimate of drug-likeness (QED) is 0.896. The molecule has 0 aromatic heterocycles. The van der Waals surface area contributed by atoms with E-state index >= 15 is 0 Å². The monoisotopic (exact) mass is 318 g/mol. The van der Waals surface area contributed by atoms with Gasteiger partial charge in [-0.25, -0.2) is 0 Å². The van der Waals surface area contributed by atoms with E-state index < -0.39 is 5.60 Å². The number of ether oxygens (including phenoxy) is 1. The lowest BCUT2D eigenvalue weighted by Gasteiger charge is -2.38. The number of methoxy groups -OCH3 is 1. The molecule has 5 nitrogen and oxygen atoms in total. The molecule has 2 atom stereocenters. The average Bonchev–Trinajstić information content (AvgIpc) is 2.94. The number of nitrogens with zero attached hydrogens (tertiary/aromatic N) is 2. The molecule has 0 bridgehead atoms. The van der Waals surface area contributed by atoms with E-state index in [1.807, 2.05) is 36.1 Å². The molecule has 0 spiro atoms. The molecule has 2 aliphatic rings. The smallest absolute Gasteiger partial charge is 0.236 e. The lowest BCUT2D eigenvalue weighted by atomic mass is 9.86. The number of rotatable bonds is 5. The SMILES string of the molecule is COc1ccc([C@@](C)(O)[C@H]2CCCN2CC(=O)N2CCC2)cc1. The predicted octanol–water partition coefficient (Wildman–Crippen LogP) is 1.60. The Labute approximate surface area is 137 Å². The fraction of sp³-hybridized carbons (Fsp3) is 0.611. The van der Waals surface area contributed by atoms with Crippen LogP contribution in [-0.2, 0) is 10.4 Å². The van der Waals surface area contributed by atoms with Crippen molar-refractivity contribution >= 4 is 5.91 Å². The number of benzene rings is 1. The molecule has 2 aliphatic heterocycles. The molecule has 126 valence electrons. The molecule has 3 rings (SSSR count). The van der Waals surface area contributed by atoms with Crippen LogP contribution in [0.3, 0.4) is 0 Å². The first kappa shape index (κ1) is 16.3. The number of hydrogen-bond acceptors (Lipinski definition) is 4. The molecule has 1 N–H and O–H groups in total. The maximum absolute atomic E-state index is 12.3. The molecule has 1 aromatic rings. The van der Waals surface area contributed by atoms with Crippen LogP contribution in [0.5, 0.6) is 5.75 Å². The highest BCUT2D eigenvalue weighted by Gasteiger charge is 2.41. The van der Waals surface area contributed by atoms with Crippen molar-refractivity contribution in [2.45, 2.75) is 37.8 Å². The van der Waals surface area contributed by atoms with Gasteiger partial charge in [-0.1, -0.05) is 12.1 Å². The molecular weight excluding hydrogens is 292 g/mol. The van der Waals surface area contributed by atoms with Gasteiger partial charge in [-0.3, -0.25) is 9.69 Å². The Morgan fingerprint density at radius 2 is 1.96 bits per heavy atom. The van der Waals surface area contributed by atoms with Crippen LogP contribution in [0.4, 0.5) is 0 Å². The van der Waals surface area contributed by atoms with Crippen molar-refractivity contribution in [3.05, 3.63) is 29.8 Å². The minimum Gasteiger partial charge on any atom is -0.497 e. The Hall–Kier alpha value is -1.59. The Morgan fingerprint density at radius 1 is 1.26 bits per heavy atom. The highest BCUT2D eigenvalue weighted by Crippen LogP contribution is 2.35. The van der Waals surface area contributed by atoms with Gasteiger partial charge < -0.3 is 14.7 Å². The summed E-state index contributed by atoms with van der Waals surface area (Å²) in [5, 5.41) is 11.1. The largest absolute Gasteiger partial charge is 0.497 e. The first-order valence-corrected chi connectivity index (χ1v) is 8.41. The van der Waals surface area contributed by atoms with Gasteiger partial charge in [0.05, 0.1) is 13.7 Å².